The van der Waals surface area contributed by atoms with Crippen molar-refractivity contribution in [2.75, 3.05) is 26.1 Å². The highest BCUT2D eigenvalue weighted by atomic mass is 16.5. The number of carbonyl (C=O) groups excluding carboxylic acids is 1. The molecule has 0 spiro atoms. The number of nitrogens with one attached hydrogen (secondary N) is 1. The first kappa shape index (κ1) is 17.0. The number of ether oxygens (including phenoxy) is 3. The average molecular weight is 343 g/mol. The Kier molecular flexibility index (Phi) is 4.70. The van der Waals surface area contributed by atoms with Crippen LogP contribution in [0.1, 0.15) is 30.4 Å². The van der Waals surface area contributed by atoms with E-state index in [-0.39, 0.29) is 24.0 Å². The first-order valence-corrected chi connectivity index (χ1v) is 8.08. The second kappa shape index (κ2) is 6.93. The van der Waals surface area contributed by atoms with E-state index in [1.54, 1.807) is 44.6 Å². The first-order valence-electron chi connectivity index (χ1n) is 8.08. The Morgan fingerprint density at radius 2 is 1.96 bits per heavy atom. The van der Waals surface area contributed by atoms with Gasteiger partial charge in [-0.1, -0.05) is 6.07 Å². The van der Waals surface area contributed by atoms with Crippen molar-refractivity contribution in [3.05, 3.63) is 41.5 Å². The van der Waals surface area contributed by atoms with Crippen LogP contribution in [0.15, 0.2) is 30.3 Å². The van der Waals surface area contributed by atoms with Crippen molar-refractivity contribution in [1.82, 2.24) is 0 Å². The Bertz CT molecular complexity index is 803. The maximum atomic E-state index is 12.2. The molecule has 0 aromatic heterocycles. The van der Waals surface area contributed by atoms with Gasteiger partial charge in [-0.2, -0.15) is 0 Å². The molecule has 0 bridgehead atoms. The van der Waals surface area contributed by atoms with Crippen molar-refractivity contribution in [2.24, 2.45) is 0 Å². The second-order valence-corrected chi connectivity index (χ2v) is 5.76. The number of amides is 1. The maximum Gasteiger partial charge on any atom is 0.225 e. The smallest absolute Gasteiger partial charge is 0.225 e. The minimum Gasteiger partial charge on any atom is -0.504 e. The highest BCUT2D eigenvalue weighted by molar-refractivity contribution is 5.96. The number of anilines is 1. The zero-order valence-corrected chi connectivity index (χ0v) is 14.5. The van der Waals surface area contributed by atoms with Crippen molar-refractivity contribution in [3.63, 3.8) is 0 Å². The summed E-state index contributed by atoms with van der Waals surface area (Å²) in [6.45, 7) is 2.30. The fourth-order valence-corrected chi connectivity index (χ4v) is 3.14. The van der Waals surface area contributed by atoms with E-state index in [0.717, 1.165) is 11.1 Å². The van der Waals surface area contributed by atoms with Gasteiger partial charge in [0.2, 0.25) is 5.91 Å². The van der Waals surface area contributed by atoms with Crippen molar-refractivity contribution in [1.29, 1.82) is 0 Å². The maximum absolute atomic E-state index is 12.2. The van der Waals surface area contributed by atoms with Crippen LogP contribution in [0, 0.1) is 0 Å². The third kappa shape index (κ3) is 3.20. The monoisotopic (exact) mass is 343 g/mol. The molecule has 3 rings (SSSR count). The van der Waals surface area contributed by atoms with Gasteiger partial charge in [0.25, 0.3) is 0 Å². The van der Waals surface area contributed by atoms with E-state index in [1.165, 1.54) is 0 Å². The lowest BCUT2D eigenvalue weighted by molar-refractivity contribution is -0.116. The number of benzene rings is 2. The number of hydrogen-bond acceptors (Lipinski definition) is 5. The number of rotatable bonds is 5. The molecule has 0 saturated heterocycles. The minimum absolute atomic E-state index is 0.0766. The summed E-state index contributed by atoms with van der Waals surface area (Å²) < 4.78 is 16.3. The molecule has 1 atom stereocenters. The van der Waals surface area contributed by atoms with E-state index in [2.05, 4.69) is 5.32 Å². The van der Waals surface area contributed by atoms with E-state index in [0.29, 0.717) is 29.5 Å². The number of carbonyl (C=O) groups is 1. The number of fused-ring (bicyclic) bond motifs is 1. The molecule has 6 heteroatoms. The fraction of sp³-hybridized carbons (Fsp3) is 0.316. The summed E-state index contributed by atoms with van der Waals surface area (Å²) in [7, 11) is 3.16. The molecular weight excluding hydrogens is 322 g/mol. The Labute approximate surface area is 146 Å². The molecule has 0 radical (unpaired) electrons. The Morgan fingerprint density at radius 1 is 1.16 bits per heavy atom. The van der Waals surface area contributed by atoms with Crippen LogP contribution in [0.4, 0.5) is 5.69 Å². The number of phenols is 1. The van der Waals surface area contributed by atoms with Gasteiger partial charge in [0.15, 0.2) is 11.5 Å². The van der Waals surface area contributed by atoms with Crippen LogP contribution in [-0.4, -0.2) is 31.8 Å². The van der Waals surface area contributed by atoms with Gasteiger partial charge in [-0.25, -0.2) is 0 Å². The van der Waals surface area contributed by atoms with E-state index < -0.39 is 0 Å². The summed E-state index contributed by atoms with van der Waals surface area (Å²) in [6, 6.07) is 8.74. The topological polar surface area (TPSA) is 77.0 Å². The highest BCUT2D eigenvalue weighted by Crippen LogP contribution is 2.46. The van der Waals surface area contributed by atoms with Gasteiger partial charge >= 0.3 is 0 Å². The van der Waals surface area contributed by atoms with Gasteiger partial charge in [-0.05, 0) is 24.6 Å². The third-order valence-electron chi connectivity index (χ3n) is 4.27. The summed E-state index contributed by atoms with van der Waals surface area (Å²) in [4.78, 5) is 12.2. The van der Waals surface area contributed by atoms with E-state index in [4.69, 9.17) is 14.2 Å². The van der Waals surface area contributed by atoms with Crippen LogP contribution in [0.3, 0.4) is 0 Å². The van der Waals surface area contributed by atoms with E-state index in [1.807, 2.05) is 6.92 Å². The molecule has 1 aliphatic rings. The summed E-state index contributed by atoms with van der Waals surface area (Å²) in [5.41, 5.74) is 2.43. The van der Waals surface area contributed by atoms with E-state index in [9.17, 15) is 9.90 Å². The molecule has 2 aromatic carbocycles. The van der Waals surface area contributed by atoms with Crippen molar-refractivity contribution >= 4 is 11.6 Å². The molecule has 0 unspecified atom stereocenters. The lowest BCUT2D eigenvalue weighted by atomic mass is 9.84. The lowest BCUT2D eigenvalue weighted by Gasteiger charge is -2.28. The molecule has 2 N–H and O–H groups in total. The van der Waals surface area contributed by atoms with Gasteiger partial charge in [-0.15, -0.1) is 0 Å². The SMILES string of the molecule is CCOc1cc([C@@H]2CC(=O)Nc3cc(OC)cc(OC)c32)ccc1O. The first-order chi connectivity index (χ1) is 12.1. The minimum atomic E-state index is -0.204. The van der Waals surface area contributed by atoms with Gasteiger partial charge in [0.1, 0.15) is 11.5 Å². The highest BCUT2D eigenvalue weighted by Gasteiger charge is 2.31. The summed E-state index contributed by atoms with van der Waals surface area (Å²) in [5, 5.41) is 12.8. The Morgan fingerprint density at radius 3 is 2.64 bits per heavy atom. The number of aromatic hydroxyl groups is 1. The molecule has 1 heterocycles. The molecule has 6 nitrogen and oxygen atoms in total. The zero-order valence-electron chi connectivity index (χ0n) is 14.5. The summed E-state index contributed by atoms with van der Waals surface area (Å²) in [5.74, 6) is 1.44. The predicted molar refractivity (Wildman–Crippen MR) is 93.9 cm³/mol. The van der Waals surface area contributed by atoms with Crippen LogP contribution >= 0.6 is 0 Å². The molecule has 2 aromatic rings. The van der Waals surface area contributed by atoms with Crippen molar-refractivity contribution < 1.29 is 24.1 Å². The fourth-order valence-electron chi connectivity index (χ4n) is 3.14. The standard InChI is InChI=1S/C19H21NO5/c1-4-25-16-7-11(5-6-15(16)21)13-10-18(22)20-14-8-12(23-2)9-17(24-3)19(13)14/h5-9,13,21H,4,10H2,1-3H3,(H,20,22)/t13-/m0/s1. The summed E-state index contributed by atoms with van der Waals surface area (Å²) >= 11 is 0. The normalized spacial score (nSPS) is 16.0. The molecule has 0 aliphatic carbocycles. The second-order valence-electron chi connectivity index (χ2n) is 5.76. The lowest BCUT2D eigenvalue weighted by Crippen LogP contribution is -2.24. The molecule has 1 aliphatic heterocycles. The van der Waals surface area contributed by atoms with E-state index >= 15 is 0 Å². The van der Waals surface area contributed by atoms with Crippen molar-refractivity contribution in [2.45, 2.75) is 19.3 Å². The third-order valence-corrected chi connectivity index (χ3v) is 4.27. The zero-order chi connectivity index (χ0) is 18.0. The van der Waals surface area contributed by atoms with Crippen LogP contribution in [0.5, 0.6) is 23.0 Å². The number of phenolic OH excluding ortho intramolecular Hbond substituents is 1. The van der Waals surface area contributed by atoms with Gasteiger partial charge in [0, 0.05) is 30.0 Å². The average Bonchev–Trinajstić information content (AvgIpc) is 2.61. The Hall–Kier alpha value is -2.89. The largest absolute Gasteiger partial charge is 0.504 e. The molecule has 0 saturated carbocycles. The molecular formula is C19H21NO5. The predicted octanol–water partition coefficient (Wildman–Crippen LogP) is 3.28. The summed E-state index contributed by atoms with van der Waals surface area (Å²) in [6.07, 6.45) is 0.284. The quantitative estimate of drug-likeness (QED) is 0.871. The van der Waals surface area contributed by atoms with Crippen LogP contribution in [-0.2, 0) is 4.79 Å². The van der Waals surface area contributed by atoms with Crippen LogP contribution in [0.25, 0.3) is 0 Å². The van der Waals surface area contributed by atoms with Crippen molar-refractivity contribution in [3.8, 4) is 23.0 Å². The van der Waals surface area contributed by atoms with Gasteiger partial charge in [-0.3, -0.25) is 4.79 Å². The van der Waals surface area contributed by atoms with Crippen LogP contribution < -0.4 is 19.5 Å². The Balaban J connectivity index is 2.13. The molecule has 25 heavy (non-hydrogen) atoms. The van der Waals surface area contributed by atoms with Gasteiger partial charge in [0.05, 0.1) is 26.5 Å². The van der Waals surface area contributed by atoms with Gasteiger partial charge < -0.3 is 24.6 Å². The molecule has 0 fully saturated rings. The molecule has 132 valence electrons. The number of methoxy groups -OCH3 is 2. The molecule has 1 amide bonds. The van der Waals surface area contributed by atoms with Crippen LogP contribution in [0.2, 0.25) is 0 Å². The number of hydrogen-bond donors (Lipinski definition) is 2.